The summed E-state index contributed by atoms with van der Waals surface area (Å²) in [7, 11) is 0. The van der Waals surface area contributed by atoms with Crippen molar-refractivity contribution in [3.05, 3.63) is 34.6 Å². The van der Waals surface area contributed by atoms with E-state index in [1.807, 2.05) is 4.90 Å². The molecule has 0 saturated carbocycles. The molecule has 1 saturated heterocycles. The Kier molecular flexibility index (Phi) is 5.53. The molecule has 1 heterocycles. The zero-order valence-electron chi connectivity index (χ0n) is 13.6. The molecule has 0 aliphatic carbocycles. The van der Waals surface area contributed by atoms with Crippen molar-refractivity contribution in [2.45, 2.75) is 33.2 Å². The molecule has 0 spiro atoms. The van der Waals surface area contributed by atoms with Crippen LogP contribution in [-0.4, -0.2) is 59.6 Å². The van der Waals surface area contributed by atoms with Crippen molar-refractivity contribution in [2.24, 2.45) is 0 Å². The molecule has 1 fully saturated rings. The standard InChI is InChI=1S/C17H25FN2O2/c1-4-15(11-21)19-5-7-20(8-6-19)17(22)14-9-12(2)16(18)13(3)10-14/h9-10,15,21H,4-8,11H2,1-3H3. The third-order valence-corrected chi connectivity index (χ3v) is 4.48. The van der Waals surface area contributed by atoms with Crippen LogP contribution >= 0.6 is 0 Å². The van der Waals surface area contributed by atoms with E-state index < -0.39 is 0 Å². The molecule has 1 atom stereocenters. The molecule has 1 aromatic rings. The van der Waals surface area contributed by atoms with E-state index in [1.54, 1.807) is 26.0 Å². The summed E-state index contributed by atoms with van der Waals surface area (Å²) in [6, 6.07) is 3.42. The van der Waals surface area contributed by atoms with Crippen LogP contribution in [0.15, 0.2) is 12.1 Å². The zero-order valence-corrected chi connectivity index (χ0v) is 13.6. The largest absolute Gasteiger partial charge is 0.395 e. The maximum absolute atomic E-state index is 13.7. The fraction of sp³-hybridized carbons (Fsp3) is 0.588. The molecule has 2 rings (SSSR count). The quantitative estimate of drug-likeness (QED) is 0.925. The molecule has 1 N–H and O–H groups in total. The number of amides is 1. The normalized spacial score (nSPS) is 17.6. The van der Waals surface area contributed by atoms with Crippen LogP contribution in [-0.2, 0) is 0 Å². The monoisotopic (exact) mass is 308 g/mol. The van der Waals surface area contributed by atoms with E-state index in [1.165, 1.54) is 0 Å². The summed E-state index contributed by atoms with van der Waals surface area (Å²) < 4.78 is 13.7. The number of benzene rings is 1. The molecular weight excluding hydrogens is 283 g/mol. The number of hydrogen-bond donors (Lipinski definition) is 1. The summed E-state index contributed by atoms with van der Waals surface area (Å²) in [5.41, 5.74) is 1.57. The lowest BCUT2D eigenvalue weighted by Crippen LogP contribution is -2.52. The average molecular weight is 308 g/mol. The van der Waals surface area contributed by atoms with Gasteiger partial charge in [0.15, 0.2) is 0 Å². The molecule has 1 unspecified atom stereocenters. The third kappa shape index (κ3) is 3.47. The molecule has 0 radical (unpaired) electrons. The Morgan fingerprint density at radius 2 is 1.77 bits per heavy atom. The fourth-order valence-electron chi connectivity index (χ4n) is 3.04. The van der Waals surface area contributed by atoms with Crippen LogP contribution < -0.4 is 0 Å². The van der Waals surface area contributed by atoms with Gasteiger partial charge in [0.2, 0.25) is 0 Å². The predicted octanol–water partition coefficient (Wildman–Crippen LogP) is 1.97. The van der Waals surface area contributed by atoms with Crippen molar-refractivity contribution in [1.82, 2.24) is 9.80 Å². The van der Waals surface area contributed by atoms with Crippen LogP contribution in [0, 0.1) is 19.7 Å². The topological polar surface area (TPSA) is 43.8 Å². The summed E-state index contributed by atoms with van der Waals surface area (Å²) in [6.45, 7) is 8.40. The Labute approximate surface area is 131 Å². The van der Waals surface area contributed by atoms with Gasteiger partial charge in [-0.2, -0.15) is 0 Å². The van der Waals surface area contributed by atoms with Crippen molar-refractivity contribution in [3.8, 4) is 0 Å². The Hall–Kier alpha value is -1.46. The van der Waals surface area contributed by atoms with Gasteiger partial charge in [0, 0.05) is 37.8 Å². The lowest BCUT2D eigenvalue weighted by molar-refractivity contribution is 0.0472. The van der Waals surface area contributed by atoms with Gasteiger partial charge in [-0.1, -0.05) is 6.92 Å². The molecule has 1 amide bonds. The SMILES string of the molecule is CCC(CO)N1CCN(C(=O)c2cc(C)c(F)c(C)c2)CC1. The highest BCUT2D eigenvalue weighted by atomic mass is 19.1. The number of rotatable bonds is 4. The third-order valence-electron chi connectivity index (χ3n) is 4.48. The minimum atomic E-state index is -0.241. The van der Waals surface area contributed by atoms with Crippen LogP contribution in [0.5, 0.6) is 0 Å². The minimum absolute atomic E-state index is 0.0390. The highest BCUT2D eigenvalue weighted by Gasteiger charge is 2.26. The number of hydrogen-bond acceptors (Lipinski definition) is 3. The maximum Gasteiger partial charge on any atom is 0.253 e. The molecule has 0 bridgehead atoms. The molecule has 1 aromatic carbocycles. The molecule has 122 valence electrons. The predicted molar refractivity (Wildman–Crippen MR) is 84.5 cm³/mol. The molecule has 1 aliphatic rings. The number of halogens is 1. The number of aliphatic hydroxyl groups is 1. The van der Waals surface area contributed by atoms with Crippen LogP contribution in [0.2, 0.25) is 0 Å². The van der Waals surface area contributed by atoms with Gasteiger partial charge in [-0.15, -0.1) is 0 Å². The summed E-state index contributed by atoms with van der Waals surface area (Å²) in [4.78, 5) is 16.6. The first-order valence-corrected chi connectivity index (χ1v) is 7.88. The van der Waals surface area contributed by atoms with Crippen LogP contribution in [0.3, 0.4) is 0 Å². The number of piperazine rings is 1. The van der Waals surface area contributed by atoms with E-state index >= 15 is 0 Å². The van der Waals surface area contributed by atoms with Gasteiger partial charge in [-0.3, -0.25) is 9.69 Å². The van der Waals surface area contributed by atoms with Crippen molar-refractivity contribution in [3.63, 3.8) is 0 Å². The molecular formula is C17H25FN2O2. The van der Waals surface area contributed by atoms with E-state index in [4.69, 9.17) is 0 Å². The number of aliphatic hydroxyl groups excluding tert-OH is 1. The van der Waals surface area contributed by atoms with Gasteiger partial charge >= 0.3 is 0 Å². The average Bonchev–Trinajstić information content (AvgIpc) is 2.53. The molecule has 5 heteroatoms. The van der Waals surface area contributed by atoms with Crippen molar-refractivity contribution in [2.75, 3.05) is 32.8 Å². The highest BCUT2D eigenvalue weighted by Crippen LogP contribution is 2.18. The molecule has 4 nitrogen and oxygen atoms in total. The first-order valence-electron chi connectivity index (χ1n) is 7.88. The zero-order chi connectivity index (χ0) is 16.3. The second kappa shape index (κ2) is 7.20. The highest BCUT2D eigenvalue weighted by molar-refractivity contribution is 5.94. The lowest BCUT2D eigenvalue weighted by Gasteiger charge is -2.38. The summed E-state index contributed by atoms with van der Waals surface area (Å²) in [5, 5.41) is 9.36. The molecule has 0 aromatic heterocycles. The van der Waals surface area contributed by atoms with Gasteiger partial charge in [-0.25, -0.2) is 4.39 Å². The van der Waals surface area contributed by atoms with Crippen molar-refractivity contribution in [1.29, 1.82) is 0 Å². The lowest BCUT2D eigenvalue weighted by atomic mass is 10.0. The van der Waals surface area contributed by atoms with Gasteiger partial charge in [0.05, 0.1) is 6.61 Å². The summed E-state index contributed by atoms with van der Waals surface area (Å²) >= 11 is 0. The van der Waals surface area contributed by atoms with Crippen molar-refractivity contribution >= 4 is 5.91 Å². The minimum Gasteiger partial charge on any atom is -0.395 e. The fourth-order valence-corrected chi connectivity index (χ4v) is 3.04. The summed E-state index contributed by atoms with van der Waals surface area (Å²) in [6.07, 6.45) is 0.904. The first kappa shape index (κ1) is 16.9. The Morgan fingerprint density at radius 3 is 2.23 bits per heavy atom. The van der Waals surface area contributed by atoms with E-state index in [2.05, 4.69) is 11.8 Å². The number of carbonyl (C=O) groups excluding carboxylic acids is 1. The van der Waals surface area contributed by atoms with E-state index in [0.29, 0.717) is 29.8 Å². The Morgan fingerprint density at radius 1 is 1.23 bits per heavy atom. The first-order chi connectivity index (χ1) is 10.5. The van der Waals surface area contributed by atoms with Gasteiger partial charge in [-0.05, 0) is 43.5 Å². The Balaban J connectivity index is 2.04. The van der Waals surface area contributed by atoms with E-state index in [9.17, 15) is 14.3 Å². The maximum atomic E-state index is 13.7. The smallest absolute Gasteiger partial charge is 0.253 e. The van der Waals surface area contributed by atoms with Gasteiger partial charge < -0.3 is 10.0 Å². The Bertz CT molecular complexity index is 512. The van der Waals surface area contributed by atoms with Crippen LogP contribution in [0.1, 0.15) is 34.8 Å². The number of aryl methyl sites for hydroxylation is 2. The summed E-state index contributed by atoms with van der Waals surface area (Å²) in [5.74, 6) is -0.280. The van der Waals surface area contributed by atoms with Crippen molar-refractivity contribution < 1.29 is 14.3 Å². The molecule has 22 heavy (non-hydrogen) atoms. The number of nitrogens with zero attached hydrogens (tertiary/aromatic N) is 2. The van der Waals surface area contributed by atoms with E-state index in [-0.39, 0.29) is 24.4 Å². The van der Waals surface area contributed by atoms with Gasteiger partial charge in [0.1, 0.15) is 5.82 Å². The van der Waals surface area contributed by atoms with E-state index in [0.717, 1.165) is 19.5 Å². The van der Waals surface area contributed by atoms with Crippen LogP contribution in [0.4, 0.5) is 4.39 Å². The number of carbonyl (C=O) groups is 1. The molecule has 1 aliphatic heterocycles. The van der Waals surface area contributed by atoms with Crippen LogP contribution in [0.25, 0.3) is 0 Å². The second-order valence-electron chi connectivity index (χ2n) is 6.00. The van der Waals surface area contributed by atoms with Gasteiger partial charge in [0.25, 0.3) is 5.91 Å². The second-order valence-corrected chi connectivity index (χ2v) is 6.00.